The predicted molar refractivity (Wildman–Crippen MR) is 117 cm³/mol. The standard InChI is InChI=1S/C22H21N3O2S/c1-26-21-14-8-6-12-19(21)24-22(28)25-23-15-18-11-5-7-13-20(18)27-16-17-9-3-2-4-10-17/h2-15H,16H2,1H3,(H2,24,25,28)/b23-15-. The minimum absolute atomic E-state index is 0.364. The first-order valence-corrected chi connectivity index (χ1v) is 9.16. The van der Waals surface area contributed by atoms with Crippen LogP contribution >= 0.6 is 12.2 Å². The van der Waals surface area contributed by atoms with Gasteiger partial charge in [0.05, 0.1) is 19.0 Å². The topological polar surface area (TPSA) is 54.9 Å². The number of nitrogens with zero attached hydrogens (tertiary/aromatic N) is 1. The van der Waals surface area contributed by atoms with Gasteiger partial charge in [-0.25, -0.2) is 0 Å². The van der Waals surface area contributed by atoms with Gasteiger partial charge in [0.25, 0.3) is 0 Å². The lowest BCUT2D eigenvalue weighted by molar-refractivity contribution is 0.306. The van der Waals surface area contributed by atoms with E-state index in [0.717, 1.165) is 22.6 Å². The first kappa shape index (κ1) is 19.4. The molecule has 0 saturated heterocycles. The molecule has 0 unspecified atom stereocenters. The molecule has 0 fully saturated rings. The molecular weight excluding hydrogens is 370 g/mol. The Morgan fingerprint density at radius 3 is 2.39 bits per heavy atom. The van der Waals surface area contributed by atoms with Crippen molar-refractivity contribution < 1.29 is 9.47 Å². The molecule has 0 saturated carbocycles. The van der Waals surface area contributed by atoms with Crippen molar-refractivity contribution in [2.24, 2.45) is 5.10 Å². The van der Waals surface area contributed by atoms with Crippen LogP contribution in [0.3, 0.4) is 0 Å². The minimum atomic E-state index is 0.364. The maximum Gasteiger partial charge on any atom is 0.191 e. The Balaban J connectivity index is 1.59. The van der Waals surface area contributed by atoms with Crippen LogP contribution in [-0.4, -0.2) is 18.4 Å². The highest BCUT2D eigenvalue weighted by Gasteiger charge is 2.04. The summed E-state index contributed by atoms with van der Waals surface area (Å²) in [7, 11) is 1.61. The Morgan fingerprint density at radius 2 is 1.61 bits per heavy atom. The number of anilines is 1. The summed E-state index contributed by atoms with van der Waals surface area (Å²) in [5, 5.41) is 7.63. The molecule has 2 N–H and O–H groups in total. The van der Waals surface area contributed by atoms with Crippen molar-refractivity contribution in [1.29, 1.82) is 0 Å². The maximum absolute atomic E-state index is 5.92. The summed E-state index contributed by atoms with van der Waals surface area (Å²) in [6.07, 6.45) is 1.68. The van der Waals surface area contributed by atoms with Crippen molar-refractivity contribution in [3.8, 4) is 11.5 Å². The molecule has 6 heteroatoms. The lowest BCUT2D eigenvalue weighted by atomic mass is 10.2. The number of hydrogen-bond acceptors (Lipinski definition) is 4. The van der Waals surface area contributed by atoms with Gasteiger partial charge in [0.15, 0.2) is 5.11 Å². The summed E-state index contributed by atoms with van der Waals surface area (Å²) < 4.78 is 11.2. The van der Waals surface area contributed by atoms with E-state index in [4.69, 9.17) is 21.7 Å². The largest absolute Gasteiger partial charge is 0.495 e. The highest BCUT2D eigenvalue weighted by molar-refractivity contribution is 7.80. The molecule has 3 aromatic carbocycles. The average Bonchev–Trinajstić information content (AvgIpc) is 2.74. The molecule has 0 spiro atoms. The third kappa shape index (κ3) is 5.56. The number of thiocarbonyl (C=S) groups is 1. The van der Waals surface area contributed by atoms with Crippen molar-refractivity contribution in [3.63, 3.8) is 0 Å². The fraction of sp³-hybridized carbons (Fsp3) is 0.0909. The summed E-state index contributed by atoms with van der Waals surface area (Å²) in [5.41, 5.74) is 5.54. The Labute approximate surface area is 170 Å². The second-order valence-corrected chi connectivity index (χ2v) is 6.24. The van der Waals surface area contributed by atoms with E-state index in [0.29, 0.717) is 17.5 Å². The van der Waals surface area contributed by atoms with E-state index in [9.17, 15) is 0 Å². The average molecular weight is 391 g/mol. The zero-order valence-corrected chi connectivity index (χ0v) is 16.3. The number of rotatable bonds is 7. The van der Waals surface area contributed by atoms with Gasteiger partial charge in [-0.15, -0.1) is 0 Å². The Hall–Kier alpha value is -3.38. The first-order chi connectivity index (χ1) is 13.8. The molecule has 3 aromatic rings. The second-order valence-electron chi connectivity index (χ2n) is 5.84. The van der Waals surface area contributed by atoms with E-state index in [2.05, 4.69) is 15.8 Å². The van der Waals surface area contributed by atoms with Gasteiger partial charge in [-0.3, -0.25) is 5.43 Å². The zero-order valence-electron chi connectivity index (χ0n) is 15.5. The van der Waals surface area contributed by atoms with Crippen LogP contribution < -0.4 is 20.2 Å². The van der Waals surface area contributed by atoms with E-state index < -0.39 is 0 Å². The molecule has 0 amide bonds. The van der Waals surface area contributed by atoms with Crippen molar-refractivity contribution >= 4 is 29.2 Å². The number of para-hydroxylation sites is 3. The summed E-state index contributed by atoms with van der Waals surface area (Å²) >= 11 is 5.28. The zero-order chi connectivity index (χ0) is 19.6. The molecule has 28 heavy (non-hydrogen) atoms. The van der Waals surface area contributed by atoms with Crippen LogP contribution in [0.1, 0.15) is 11.1 Å². The van der Waals surface area contributed by atoms with Crippen LogP contribution in [0.25, 0.3) is 0 Å². The van der Waals surface area contributed by atoms with E-state index in [1.807, 2.05) is 78.9 Å². The molecule has 0 aliphatic rings. The van der Waals surface area contributed by atoms with Gasteiger partial charge in [-0.1, -0.05) is 54.6 Å². The van der Waals surface area contributed by atoms with Crippen molar-refractivity contribution in [1.82, 2.24) is 5.43 Å². The number of methoxy groups -OCH3 is 1. The van der Waals surface area contributed by atoms with Crippen LogP contribution in [0.4, 0.5) is 5.69 Å². The molecule has 0 radical (unpaired) electrons. The van der Waals surface area contributed by atoms with Crippen LogP contribution in [-0.2, 0) is 6.61 Å². The molecular formula is C22H21N3O2S. The lowest BCUT2D eigenvalue weighted by Crippen LogP contribution is -2.24. The third-order valence-corrected chi connectivity index (χ3v) is 4.07. The van der Waals surface area contributed by atoms with E-state index in [-0.39, 0.29) is 0 Å². The summed E-state index contributed by atoms with van der Waals surface area (Å²) in [6, 6.07) is 25.3. The third-order valence-electron chi connectivity index (χ3n) is 3.88. The molecule has 0 aliphatic carbocycles. The van der Waals surface area contributed by atoms with Crippen LogP contribution in [0.15, 0.2) is 84.0 Å². The second kappa shape index (κ2) is 10.1. The highest BCUT2D eigenvalue weighted by Crippen LogP contribution is 2.22. The summed E-state index contributed by atoms with van der Waals surface area (Å²) in [4.78, 5) is 0. The SMILES string of the molecule is COc1ccccc1NC(=S)N/N=C\c1ccccc1OCc1ccccc1. The van der Waals surface area contributed by atoms with Gasteiger partial charge in [0.2, 0.25) is 0 Å². The van der Waals surface area contributed by atoms with E-state index >= 15 is 0 Å². The van der Waals surface area contributed by atoms with Crippen molar-refractivity contribution in [2.45, 2.75) is 6.61 Å². The van der Waals surface area contributed by atoms with Crippen LogP contribution in [0, 0.1) is 0 Å². The molecule has 3 rings (SSSR count). The molecule has 142 valence electrons. The molecule has 0 bridgehead atoms. The van der Waals surface area contributed by atoms with E-state index in [1.165, 1.54) is 0 Å². The van der Waals surface area contributed by atoms with Gasteiger partial charge in [-0.2, -0.15) is 5.10 Å². The van der Waals surface area contributed by atoms with Crippen molar-refractivity contribution in [2.75, 3.05) is 12.4 Å². The molecule has 0 aromatic heterocycles. The van der Waals surface area contributed by atoms with Gasteiger partial charge in [0.1, 0.15) is 18.1 Å². The fourth-order valence-corrected chi connectivity index (χ4v) is 2.68. The summed E-state index contributed by atoms with van der Waals surface area (Å²) in [6.45, 7) is 0.493. The number of hydrogen-bond donors (Lipinski definition) is 2. The Kier molecular flexibility index (Phi) is 6.98. The van der Waals surface area contributed by atoms with Gasteiger partial charge in [-0.05, 0) is 42.0 Å². The quantitative estimate of drug-likeness (QED) is 0.350. The first-order valence-electron chi connectivity index (χ1n) is 8.75. The highest BCUT2D eigenvalue weighted by atomic mass is 32.1. The normalized spacial score (nSPS) is 10.5. The molecule has 0 heterocycles. The smallest absolute Gasteiger partial charge is 0.191 e. The summed E-state index contributed by atoms with van der Waals surface area (Å²) in [5.74, 6) is 1.45. The lowest BCUT2D eigenvalue weighted by Gasteiger charge is -2.11. The van der Waals surface area contributed by atoms with Crippen LogP contribution in [0.5, 0.6) is 11.5 Å². The molecule has 0 atom stereocenters. The monoisotopic (exact) mass is 391 g/mol. The van der Waals surface area contributed by atoms with E-state index in [1.54, 1.807) is 13.3 Å². The van der Waals surface area contributed by atoms with Crippen molar-refractivity contribution in [3.05, 3.63) is 90.0 Å². The molecule has 5 nitrogen and oxygen atoms in total. The fourth-order valence-electron chi connectivity index (χ4n) is 2.51. The number of nitrogens with one attached hydrogen (secondary N) is 2. The molecule has 0 aliphatic heterocycles. The maximum atomic E-state index is 5.92. The van der Waals surface area contributed by atoms with Gasteiger partial charge < -0.3 is 14.8 Å². The predicted octanol–water partition coefficient (Wildman–Crippen LogP) is 4.59. The Bertz CT molecular complexity index is 945. The minimum Gasteiger partial charge on any atom is -0.495 e. The number of ether oxygens (including phenoxy) is 2. The van der Waals surface area contributed by atoms with Crippen LogP contribution in [0.2, 0.25) is 0 Å². The van der Waals surface area contributed by atoms with Gasteiger partial charge in [0, 0.05) is 5.56 Å². The van der Waals surface area contributed by atoms with Gasteiger partial charge >= 0.3 is 0 Å². The number of hydrazone groups is 1. The Morgan fingerprint density at radius 1 is 0.929 bits per heavy atom. The number of benzene rings is 3.